The third kappa shape index (κ3) is 3.41. The second kappa shape index (κ2) is 6.37. The number of carbonyl (C=O) groups is 2. The van der Waals surface area contributed by atoms with Gasteiger partial charge >= 0.3 is 0 Å². The number of hydrogen-bond acceptors (Lipinski definition) is 2. The van der Waals surface area contributed by atoms with Crippen LogP contribution in [0.5, 0.6) is 0 Å². The molecule has 1 heterocycles. The van der Waals surface area contributed by atoms with E-state index in [1.54, 1.807) is 0 Å². The van der Waals surface area contributed by atoms with Gasteiger partial charge in [0.1, 0.15) is 12.1 Å². The van der Waals surface area contributed by atoms with E-state index in [-0.39, 0.29) is 29.3 Å². The molecule has 4 nitrogen and oxygen atoms in total. The normalized spacial score (nSPS) is 29.1. The quantitative estimate of drug-likeness (QED) is 0.847. The molecule has 1 saturated carbocycles. The van der Waals surface area contributed by atoms with Crippen LogP contribution in [0.2, 0.25) is 0 Å². The molecule has 2 fully saturated rings. The molecular weight excluding hydrogens is 264 g/mol. The van der Waals surface area contributed by atoms with Crippen LogP contribution in [-0.2, 0) is 9.59 Å². The first-order chi connectivity index (χ1) is 9.88. The fourth-order valence-corrected chi connectivity index (χ4v) is 3.84. The first-order valence-corrected chi connectivity index (χ1v) is 8.49. The van der Waals surface area contributed by atoms with Crippen molar-refractivity contribution in [3.8, 4) is 0 Å². The minimum atomic E-state index is -0.330. The summed E-state index contributed by atoms with van der Waals surface area (Å²) in [4.78, 5) is 26.8. The summed E-state index contributed by atoms with van der Waals surface area (Å²) in [6.07, 6.45) is 6.72. The molecule has 2 unspecified atom stereocenters. The molecule has 120 valence electrons. The smallest absolute Gasteiger partial charge is 0.245 e. The van der Waals surface area contributed by atoms with Gasteiger partial charge in [0.2, 0.25) is 11.8 Å². The molecule has 0 aromatic heterocycles. The first-order valence-electron chi connectivity index (χ1n) is 8.49. The molecule has 21 heavy (non-hydrogen) atoms. The van der Waals surface area contributed by atoms with Gasteiger partial charge in [0.25, 0.3) is 0 Å². The fourth-order valence-electron chi connectivity index (χ4n) is 3.84. The molecule has 0 bridgehead atoms. The minimum absolute atomic E-state index is 0.00417. The Kier molecular flexibility index (Phi) is 4.95. The van der Waals surface area contributed by atoms with Crippen LogP contribution in [0.25, 0.3) is 0 Å². The predicted molar refractivity (Wildman–Crippen MR) is 83.8 cm³/mol. The predicted octanol–water partition coefficient (Wildman–Crippen LogP) is 2.72. The molecule has 2 aliphatic rings. The van der Waals surface area contributed by atoms with Gasteiger partial charge in [-0.15, -0.1) is 0 Å². The Labute approximate surface area is 128 Å². The van der Waals surface area contributed by atoms with E-state index in [1.165, 1.54) is 25.7 Å². The van der Waals surface area contributed by atoms with E-state index < -0.39 is 0 Å². The number of nitrogens with zero attached hydrogens (tertiary/aromatic N) is 1. The van der Waals surface area contributed by atoms with Gasteiger partial charge in [-0.25, -0.2) is 0 Å². The highest BCUT2D eigenvalue weighted by Gasteiger charge is 2.43. The lowest BCUT2D eigenvalue weighted by Crippen LogP contribution is -2.64. The number of piperazine rings is 1. The molecule has 2 amide bonds. The first kappa shape index (κ1) is 16.3. The van der Waals surface area contributed by atoms with Crippen LogP contribution in [0.15, 0.2) is 0 Å². The number of hydrogen-bond donors (Lipinski definition) is 1. The van der Waals surface area contributed by atoms with E-state index in [0.29, 0.717) is 5.92 Å². The lowest BCUT2D eigenvalue weighted by molar-refractivity contribution is -0.151. The lowest BCUT2D eigenvalue weighted by Gasteiger charge is -2.42. The van der Waals surface area contributed by atoms with Gasteiger partial charge in [-0.2, -0.15) is 0 Å². The van der Waals surface area contributed by atoms with Gasteiger partial charge in [-0.05, 0) is 43.9 Å². The van der Waals surface area contributed by atoms with Gasteiger partial charge in [0.05, 0.1) is 0 Å². The molecular formula is C17H30N2O2. The lowest BCUT2D eigenvalue weighted by atomic mass is 9.82. The summed E-state index contributed by atoms with van der Waals surface area (Å²) in [5.74, 6) is 0.529. The van der Waals surface area contributed by atoms with Crippen LogP contribution in [0.3, 0.4) is 0 Å². The summed E-state index contributed by atoms with van der Waals surface area (Å²) in [6, 6.07) is -0.658. The Hall–Kier alpha value is -1.06. The maximum absolute atomic E-state index is 12.8. The highest BCUT2D eigenvalue weighted by molar-refractivity contribution is 5.96. The molecule has 0 aromatic rings. The monoisotopic (exact) mass is 294 g/mol. The average Bonchev–Trinajstić information content (AvgIpc) is 2.90. The third-order valence-electron chi connectivity index (χ3n) is 5.37. The zero-order valence-corrected chi connectivity index (χ0v) is 13.9. The Bertz CT molecular complexity index is 400. The molecule has 0 radical (unpaired) electrons. The molecule has 0 spiro atoms. The molecule has 1 aliphatic carbocycles. The summed E-state index contributed by atoms with van der Waals surface area (Å²) in [5, 5.41) is 2.90. The van der Waals surface area contributed by atoms with Gasteiger partial charge < -0.3 is 10.2 Å². The summed E-state index contributed by atoms with van der Waals surface area (Å²) < 4.78 is 0. The van der Waals surface area contributed by atoms with Crippen molar-refractivity contribution in [2.45, 2.75) is 78.3 Å². The van der Waals surface area contributed by atoms with Crippen molar-refractivity contribution < 1.29 is 9.59 Å². The van der Waals surface area contributed by atoms with E-state index in [4.69, 9.17) is 0 Å². The van der Waals surface area contributed by atoms with Crippen molar-refractivity contribution in [2.24, 2.45) is 11.3 Å². The fraction of sp³-hybridized carbons (Fsp3) is 0.882. The molecule has 1 saturated heterocycles. The number of rotatable bonds is 5. The van der Waals surface area contributed by atoms with E-state index in [9.17, 15) is 9.59 Å². The highest BCUT2D eigenvalue weighted by Crippen LogP contribution is 2.42. The topological polar surface area (TPSA) is 49.4 Å². The van der Waals surface area contributed by atoms with Gasteiger partial charge in [0.15, 0.2) is 0 Å². The van der Waals surface area contributed by atoms with E-state index >= 15 is 0 Å². The van der Waals surface area contributed by atoms with Crippen LogP contribution in [0, 0.1) is 11.3 Å². The minimum Gasteiger partial charge on any atom is -0.343 e. The second-order valence-corrected chi connectivity index (χ2v) is 7.39. The zero-order valence-electron chi connectivity index (χ0n) is 13.9. The average molecular weight is 294 g/mol. The summed E-state index contributed by atoms with van der Waals surface area (Å²) in [6.45, 7) is 9.01. The van der Waals surface area contributed by atoms with Crippen molar-refractivity contribution in [1.29, 1.82) is 0 Å². The van der Waals surface area contributed by atoms with Crippen molar-refractivity contribution >= 4 is 11.8 Å². The van der Waals surface area contributed by atoms with Gasteiger partial charge in [0, 0.05) is 6.54 Å². The van der Waals surface area contributed by atoms with Crippen molar-refractivity contribution in [1.82, 2.24) is 10.2 Å². The molecule has 4 heteroatoms. The van der Waals surface area contributed by atoms with Crippen molar-refractivity contribution in [3.63, 3.8) is 0 Å². The SMILES string of the molecule is CCC1(CN2C(=O)C(CC(C)C)NC(=O)C2C)CCCC1. The second-order valence-electron chi connectivity index (χ2n) is 7.39. The molecule has 1 aliphatic heterocycles. The Morgan fingerprint density at radius 1 is 1.29 bits per heavy atom. The summed E-state index contributed by atoms with van der Waals surface area (Å²) in [7, 11) is 0. The maximum Gasteiger partial charge on any atom is 0.245 e. The number of carbonyl (C=O) groups excluding carboxylic acids is 2. The summed E-state index contributed by atoms with van der Waals surface area (Å²) >= 11 is 0. The van der Waals surface area contributed by atoms with Crippen LogP contribution < -0.4 is 5.32 Å². The van der Waals surface area contributed by atoms with Crippen LogP contribution in [0.4, 0.5) is 0 Å². The molecule has 1 N–H and O–H groups in total. The Morgan fingerprint density at radius 3 is 2.43 bits per heavy atom. The van der Waals surface area contributed by atoms with E-state index in [2.05, 4.69) is 26.1 Å². The Balaban J connectivity index is 2.14. The van der Waals surface area contributed by atoms with E-state index in [1.807, 2.05) is 11.8 Å². The van der Waals surface area contributed by atoms with Crippen molar-refractivity contribution in [3.05, 3.63) is 0 Å². The molecule has 0 aromatic carbocycles. The van der Waals surface area contributed by atoms with Gasteiger partial charge in [-0.1, -0.05) is 33.6 Å². The highest BCUT2D eigenvalue weighted by atomic mass is 16.2. The van der Waals surface area contributed by atoms with Crippen LogP contribution in [0.1, 0.15) is 66.2 Å². The number of amides is 2. The maximum atomic E-state index is 12.8. The zero-order chi connectivity index (χ0) is 15.6. The largest absolute Gasteiger partial charge is 0.343 e. The van der Waals surface area contributed by atoms with Crippen LogP contribution in [-0.4, -0.2) is 35.3 Å². The molecule has 2 rings (SSSR count). The van der Waals surface area contributed by atoms with E-state index in [0.717, 1.165) is 19.4 Å². The summed E-state index contributed by atoms with van der Waals surface area (Å²) in [5.41, 5.74) is 0.240. The van der Waals surface area contributed by atoms with Gasteiger partial charge in [-0.3, -0.25) is 9.59 Å². The van der Waals surface area contributed by atoms with Crippen LogP contribution >= 0.6 is 0 Å². The molecule has 2 atom stereocenters. The number of nitrogens with one attached hydrogen (secondary N) is 1. The Morgan fingerprint density at radius 2 is 1.90 bits per heavy atom. The van der Waals surface area contributed by atoms with Crippen molar-refractivity contribution in [2.75, 3.05) is 6.54 Å². The standard InChI is InChI=1S/C17H30N2O2/c1-5-17(8-6-7-9-17)11-19-13(4)15(20)18-14(16(19)21)10-12(2)3/h12-14H,5-11H2,1-4H3,(H,18,20). The third-order valence-corrected chi connectivity index (χ3v) is 5.37.